The Morgan fingerprint density at radius 1 is 1.46 bits per heavy atom. The van der Waals surface area contributed by atoms with Crippen LogP contribution in [0.3, 0.4) is 0 Å². The number of fused-ring (bicyclic) bond motifs is 1. The van der Waals surface area contributed by atoms with Crippen molar-refractivity contribution in [1.82, 2.24) is 19.9 Å². The average Bonchev–Trinajstić information content (AvgIpc) is 3.05. The quantitative estimate of drug-likeness (QED) is 0.267. The fourth-order valence-corrected chi connectivity index (χ4v) is 2.88. The highest BCUT2D eigenvalue weighted by atomic mass is 31.2. The normalized spacial score (nSPS) is 27.7. The van der Waals surface area contributed by atoms with E-state index in [2.05, 4.69) is 29.8 Å². The van der Waals surface area contributed by atoms with Crippen LogP contribution in [0.25, 0.3) is 11.2 Å². The summed E-state index contributed by atoms with van der Waals surface area (Å²) in [6.07, 6.45) is -5.42. The number of anilines is 1. The van der Waals surface area contributed by atoms with Crippen molar-refractivity contribution in [2.24, 2.45) is 0 Å². The Labute approximate surface area is 132 Å². The van der Waals surface area contributed by atoms with Crippen molar-refractivity contribution >= 4 is 24.8 Å². The second kappa shape index (κ2) is 6.29. The Balaban J connectivity index is 1.90. The summed E-state index contributed by atoms with van der Waals surface area (Å²) in [6.45, 7) is -0.627. The molecule has 1 fully saturated rings. The van der Waals surface area contributed by atoms with Crippen molar-refractivity contribution in [1.29, 1.82) is 0 Å². The molecule has 3 heterocycles. The molecule has 4 atom stereocenters. The number of phosphoric ester groups is 1. The van der Waals surface area contributed by atoms with E-state index in [0.29, 0.717) is 0 Å². The molecule has 6 N–H and O–H groups in total. The summed E-state index contributed by atoms with van der Waals surface area (Å²) in [7, 11) is -4.97. The predicted molar refractivity (Wildman–Crippen MR) is 73.9 cm³/mol. The maximum Gasteiger partial charge on any atom is 0.470 e. The number of ether oxygens (including phenoxy) is 1. The van der Waals surface area contributed by atoms with Crippen molar-refractivity contribution in [3.63, 3.8) is 0 Å². The van der Waals surface area contributed by atoms with Crippen LogP contribution in [0.15, 0.2) is 6.33 Å². The van der Waals surface area contributed by atoms with Crippen LogP contribution in [0.5, 0.6) is 0 Å². The van der Waals surface area contributed by atoms with Gasteiger partial charge in [-0.25, -0.2) is 9.55 Å². The SMILES string of the molecule is O=P(O)(O)O[C@@H]1C(Nc2nc(F)nc3nc[nH]c23)O[C@H](CO)[C@H]1O. The molecule has 0 spiro atoms. The van der Waals surface area contributed by atoms with Gasteiger partial charge in [-0.1, -0.05) is 0 Å². The molecule has 24 heavy (non-hydrogen) atoms. The van der Waals surface area contributed by atoms with Crippen molar-refractivity contribution in [2.75, 3.05) is 11.9 Å². The fourth-order valence-electron chi connectivity index (χ4n) is 2.33. The molecular weight excluding hydrogens is 352 g/mol. The van der Waals surface area contributed by atoms with E-state index < -0.39 is 45.0 Å². The number of nitrogens with zero attached hydrogens (tertiary/aromatic N) is 3. The molecule has 2 aromatic heterocycles. The molecule has 2 aromatic rings. The molecule has 1 aliphatic heterocycles. The zero-order valence-corrected chi connectivity index (χ0v) is 12.7. The van der Waals surface area contributed by atoms with E-state index in [-0.39, 0.29) is 17.0 Å². The van der Waals surface area contributed by atoms with Gasteiger partial charge in [0, 0.05) is 0 Å². The number of phosphoric acid groups is 1. The van der Waals surface area contributed by atoms with Crippen LogP contribution < -0.4 is 5.32 Å². The first-order valence-electron chi connectivity index (χ1n) is 6.60. The molecule has 0 bridgehead atoms. The second-order valence-electron chi connectivity index (χ2n) is 4.92. The van der Waals surface area contributed by atoms with Gasteiger partial charge in [0.15, 0.2) is 17.7 Å². The lowest BCUT2D eigenvalue weighted by Gasteiger charge is -2.22. The summed E-state index contributed by atoms with van der Waals surface area (Å²) in [5.74, 6) is -0.120. The van der Waals surface area contributed by atoms with E-state index in [0.717, 1.165) is 0 Å². The molecular formula is C10H13FN5O7P. The van der Waals surface area contributed by atoms with Gasteiger partial charge in [0.05, 0.1) is 12.9 Å². The molecule has 3 rings (SSSR count). The molecule has 0 saturated carbocycles. The second-order valence-corrected chi connectivity index (χ2v) is 6.11. The number of nitrogens with one attached hydrogen (secondary N) is 2. The van der Waals surface area contributed by atoms with Gasteiger partial charge in [0.1, 0.15) is 23.8 Å². The lowest BCUT2D eigenvalue weighted by Crippen LogP contribution is -2.38. The number of hydrogen-bond acceptors (Lipinski definition) is 9. The van der Waals surface area contributed by atoms with Gasteiger partial charge in [-0.3, -0.25) is 4.52 Å². The molecule has 0 amide bonds. The number of rotatable bonds is 5. The Hall–Kier alpha value is -1.73. The average molecular weight is 365 g/mol. The molecule has 1 saturated heterocycles. The number of aromatic amines is 1. The molecule has 12 nitrogen and oxygen atoms in total. The van der Waals surface area contributed by atoms with Crippen molar-refractivity contribution in [3.05, 3.63) is 12.4 Å². The fraction of sp³-hybridized carbons (Fsp3) is 0.500. The van der Waals surface area contributed by atoms with Crippen LogP contribution in [0, 0.1) is 6.08 Å². The third-order valence-corrected chi connectivity index (χ3v) is 3.83. The number of halogens is 1. The van der Waals surface area contributed by atoms with Crippen LogP contribution in [-0.2, 0) is 13.8 Å². The number of H-pyrrole nitrogens is 1. The molecule has 132 valence electrons. The summed E-state index contributed by atoms with van der Waals surface area (Å²) in [6, 6.07) is 0. The van der Waals surface area contributed by atoms with E-state index in [1.807, 2.05) is 0 Å². The van der Waals surface area contributed by atoms with Gasteiger partial charge in [0.2, 0.25) is 0 Å². The van der Waals surface area contributed by atoms with Gasteiger partial charge >= 0.3 is 13.9 Å². The van der Waals surface area contributed by atoms with Crippen molar-refractivity contribution < 1.29 is 38.2 Å². The first-order chi connectivity index (χ1) is 11.3. The lowest BCUT2D eigenvalue weighted by molar-refractivity contribution is -0.0153. The highest BCUT2D eigenvalue weighted by Crippen LogP contribution is 2.42. The Bertz CT molecular complexity index is 784. The lowest BCUT2D eigenvalue weighted by atomic mass is 10.1. The molecule has 0 aromatic carbocycles. The minimum Gasteiger partial charge on any atom is -0.394 e. The van der Waals surface area contributed by atoms with Gasteiger partial charge in [-0.2, -0.15) is 14.4 Å². The van der Waals surface area contributed by atoms with Crippen LogP contribution in [0.2, 0.25) is 0 Å². The summed E-state index contributed by atoms with van der Waals surface area (Å²) >= 11 is 0. The zero-order chi connectivity index (χ0) is 17.5. The monoisotopic (exact) mass is 365 g/mol. The standard InChI is InChI=1S/C10H13FN5O7P/c11-10-15-7-4(12-2-13-7)8(16-10)14-9-6(23-24(19,20)21)5(18)3(1-17)22-9/h2-3,5-6,9,17-18H,1H2,(H2,19,20,21)(H2,12,13,14,15,16)/t3-,5-,6+,9?/m1/s1. The van der Waals surface area contributed by atoms with Gasteiger partial charge in [0.25, 0.3) is 0 Å². The van der Waals surface area contributed by atoms with E-state index in [9.17, 15) is 14.1 Å². The first kappa shape index (κ1) is 17.1. The Kier molecular flexibility index (Phi) is 4.48. The predicted octanol–water partition coefficient (Wildman–Crippen LogP) is -1.54. The highest BCUT2D eigenvalue weighted by Gasteiger charge is 2.47. The molecule has 0 radical (unpaired) electrons. The maximum atomic E-state index is 13.4. The maximum absolute atomic E-state index is 13.4. The smallest absolute Gasteiger partial charge is 0.394 e. The number of imidazole rings is 1. The minimum absolute atomic E-state index is 0.00899. The number of hydrogen-bond donors (Lipinski definition) is 6. The largest absolute Gasteiger partial charge is 0.470 e. The highest BCUT2D eigenvalue weighted by molar-refractivity contribution is 7.46. The van der Waals surface area contributed by atoms with Crippen LogP contribution in [0.1, 0.15) is 0 Å². The Morgan fingerprint density at radius 3 is 2.88 bits per heavy atom. The van der Waals surface area contributed by atoms with Gasteiger partial charge in [-0.15, -0.1) is 0 Å². The van der Waals surface area contributed by atoms with Crippen LogP contribution >= 0.6 is 7.82 Å². The number of aliphatic hydroxyl groups excluding tert-OH is 2. The summed E-state index contributed by atoms with van der Waals surface area (Å²) in [5.41, 5.74) is 0.214. The first-order valence-corrected chi connectivity index (χ1v) is 8.13. The molecule has 1 unspecified atom stereocenters. The van der Waals surface area contributed by atoms with E-state index in [1.54, 1.807) is 0 Å². The molecule has 1 aliphatic rings. The minimum atomic E-state index is -4.97. The van der Waals surface area contributed by atoms with Crippen LogP contribution in [0.4, 0.5) is 10.2 Å². The zero-order valence-electron chi connectivity index (χ0n) is 11.8. The van der Waals surface area contributed by atoms with E-state index in [1.165, 1.54) is 6.33 Å². The number of aliphatic hydroxyl groups is 2. The van der Waals surface area contributed by atoms with Crippen molar-refractivity contribution in [3.8, 4) is 0 Å². The van der Waals surface area contributed by atoms with E-state index >= 15 is 0 Å². The topological polar surface area (TPSA) is 183 Å². The summed E-state index contributed by atoms with van der Waals surface area (Å²) in [5, 5.41) is 21.7. The van der Waals surface area contributed by atoms with Gasteiger partial charge in [-0.05, 0) is 0 Å². The van der Waals surface area contributed by atoms with E-state index in [4.69, 9.17) is 19.6 Å². The van der Waals surface area contributed by atoms with Crippen LogP contribution in [-0.4, -0.2) is 71.1 Å². The molecule has 0 aliphatic carbocycles. The third kappa shape index (κ3) is 3.37. The molecule has 14 heteroatoms. The Morgan fingerprint density at radius 2 is 2.21 bits per heavy atom. The van der Waals surface area contributed by atoms with Crippen molar-refractivity contribution in [2.45, 2.75) is 24.5 Å². The summed E-state index contributed by atoms with van der Waals surface area (Å²) < 4.78 is 34.3. The van der Waals surface area contributed by atoms with Gasteiger partial charge < -0.3 is 35.0 Å². The number of aromatic nitrogens is 4. The summed E-state index contributed by atoms with van der Waals surface area (Å²) in [4.78, 5) is 31.3. The third-order valence-electron chi connectivity index (χ3n) is 3.31.